The Labute approximate surface area is 168 Å². The average molecular weight is 370 g/mol. The number of rotatable bonds is 2. The molecule has 0 amide bonds. The van der Waals surface area contributed by atoms with E-state index in [0.717, 1.165) is 45.0 Å². The van der Waals surface area contributed by atoms with E-state index in [1.807, 2.05) is 57.4 Å². The van der Waals surface area contributed by atoms with E-state index in [0.29, 0.717) is 5.56 Å². The van der Waals surface area contributed by atoms with E-state index in [1.165, 1.54) is 0 Å². The normalized spacial score (nSPS) is 13.6. The molecule has 2 aromatic carbocycles. The van der Waals surface area contributed by atoms with Gasteiger partial charge in [0.2, 0.25) is 17.2 Å². The molecule has 0 saturated heterocycles. The standard InChI is InChI=1S/C24H23N4/c1-16-12-13-17(2)18(14-16)20-10-7-11-22(26(20)3)23-15-28-21-9-6-5-8-19(21)25-24(28)27(23)4/h5-15H,1-4H3/q+1/i1D3. The Hall–Kier alpha value is -3.40. The number of pyridine rings is 1. The lowest BCUT2D eigenvalue weighted by Gasteiger charge is -2.09. The van der Waals surface area contributed by atoms with E-state index in [-0.39, 0.29) is 0 Å². The molecule has 0 aliphatic heterocycles. The van der Waals surface area contributed by atoms with Crippen molar-refractivity contribution in [3.63, 3.8) is 0 Å². The molecule has 0 fully saturated rings. The minimum absolute atomic E-state index is 0.349. The highest BCUT2D eigenvalue weighted by molar-refractivity contribution is 5.81. The zero-order valence-electron chi connectivity index (χ0n) is 19.1. The molecule has 0 atom stereocenters. The van der Waals surface area contributed by atoms with Crippen LogP contribution >= 0.6 is 0 Å². The van der Waals surface area contributed by atoms with E-state index >= 15 is 0 Å². The van der Waals surface area contributed by atoms with Crippen LogP contribution in [0.5, 0.6) is 0 Å². The highest BCUT2D eigenvalue weighted by Crippen LogP contribution is 2.27. The van der Waals surface area contributed by atoms with Gasteiger partial charge in [-0.25, -0.2) is 4.98 Å². The van der Waals surface area contributed by atoms with E-state index < -0.39 is 6.85 Å². The lowest BCUT2D eigenvalue weighted by atomic mass is 10.0. The van der Waals surface area contributed by atoms with Gasteiger partial charge in [-0.1, -0.05) is 29.8 Å². The molecule has 0 radical (unpaired) electrons. The number of nitrogens with zero attached hydrogens (tertiary/aromatic N) is 4. The summed E-state index contributed by atoms with van der Waals surface area (Å²) in [7, 11) is 4.03. The molecule has 0 spiro atoms. The number of hydrogen-bond donors (Lipinski definition) is 0. The molecule has 0 aliphatic carbocycles. The fourth-order valence-electron chi connectivity index (χ4n) is 3.96. The highest BCUT2D eigenvalue weighted by Gasteiger charge is 2.22. The van der Waals surface area contributed by atoms with Gasteiger partial charge in [-0.3, -0.25) is 4.40 Å². The van der Waals surface area contributed by atoms with Crippen molar-refractivity contribution in [2.45, 2.75) is 13.8 Å². The summed E-state index contributed by atoms with van der Waals surface area (Å²) < 4.78 is 29.7. The van der Waals surface area contributed by atoms with Crippen LogP contribution in [-0.2, 0) is 14.1 Å². The second kappa shape index (κ2) is 6.06. The number of hydrogen-bond acceptors (Lipinski definition) is 1. The summed E-state index contributed by atoms with van der Waals surface area (Å²) in [5, 5.41) is 0. The molecule has 3 aromatic heterocycles. The van der Waals surface area contributed by atoms with Crippen LogP contribution in [0.25, 0.3) is 39.5 Å². The lowest BCUT2D eigenvalue weighted by molar-refractivity contribution is -0.649. The second-order valence-corrected chi connectivity index (χ2v) is 7.23. The fourth-order valence-corrected chi connectivity index (χ4v) is 3.96. The monoisotopic (exact) mass is 370 g/mol. The predicted octanol–water partition coefficient (Wildman–Crippen LogP) is 4.60. The first-order valence-corrected chi connectivity index (χ1v) is 9.29. The Morgan fingerprint density at radius 3 is 2.68 bits per heavy atom. The van der Waals surface area contributed by atoms with E-state index in [4.69, 9.17) is 9.10 Å². The molecule has 28 heavy (non-hydrogen) atoms. The van der Waals surface area contributed by atoms with Gasteiger partial charge in [0.25, 0.3) is 0 Å². The first-order valence-electron chi connectivity index (χ1n) is 10.8. The third-order valence-electron chi connectivity index (χ3n) is 5.50. The minimum Gasteiger partial charge on any atom is -0.308 e. The van der Waals surface area contributed by atoms with Gasteiger partial charge in [0, 0.05) is 35.1 Å². The largest absolute Gasteiger partial charge is 0.308 e. The van der Waals surface area contributed by atoms with Crippen molar-refractivity contribution in [1.82, 2.24) is 14.0 Å². The van der Waals surface area contributed by atoms with Gasteiger partial charge < -0.3 is 4.57 Å². The quantitative estimate of drug-likeness (QED) is 0.417. The summed E-state index contributed by atoms with van der Waals surface area (Å²) in [4.78, 5) is 4.78. The molecular formula is C24H23N4+. The van der Waals surface area contributed by atoms with Gasteiger partial charge >= 0.3 is 0 Å². The molecule has 0 aliphatic rings. The van der Waals surface area contributed by atoms with Crippen LogP contribution < -0.4 is 4.57 Å². The molecular weight excluding hydrogens is 344 g/mol. The summed E-state index contributed by atoms with van der Waals surface area (Å²) in [6, 6.07) is 19.6. The molecule has 138 valence electrons. The summed E-state index contributed by atoms with van der Waals surface area (Å²) in [5.74, 6) is 0.877. The van der Waals surface area contributed by atoms with Gasteiger partial charge in [0.1, 0.15) is 12.7 Å². The van der Waals surface area contributed by atoms with E-state index in [9.17, 15) is 0 Å². The van der Waals surface area contributed by atoms with Crippen LogP contribution in [0.2, 0.25) is 0 Å². The van der Waals surface area contributed by atoms with Crippen molar-refractivity contribution in [3.8, 4) is 22.6 Å². The second-order valence-electron chi connectivity index (χ2n) is 7.23. The Bertz CT molecular complexity index is 1460. The molecule has 0 N–H and O–H groups in total. The summed E-state index contributed by atoms with van der Waals surface area (Å²) in [5.41, 5.74) is 7.35. The molecule has 3 heterocycles. The number of imidazole rings is 2. The third-order valence-corrected chi connectivity index (χ3v) is 5.50. The Morgan fingerprint density at radius 1 is 1.00 bits per heavy atom. The van der Waals surface area contributed by atoms with Crippen molar-refractivity contribution < 1.29 is 8.68 Å². The first-order chi connectivity index (χ1) is 14.8. The SMILES string of the molecule is [2H]C([2H])([2H])c1ccc(C)c(-c2cccc(-c3cn4c5ccccc5nc4n3C)[n+]2C)c1. The summed E-state index contributed by atoms with van der Waals surface area (Å²) >= 11 is 0. The van der Waals surface area contributed by atoms with Crippen molar-refractivity contribution in [2.75, 3.05) is 0 Å². The number of fused-ring (bicyclic) bond motifs is 3. The highest BCUT2D eigenvalue weighted by atomic mass is 15.2. The maximum Gasteiger partial charge on any atom is 0.231 e. The van der Waals surface area contributed by atoms with Gasteiger partial charge in [0.05, 0.1) is 11.0 Å². The van der Waals surface area contributed by atoms with Crippen molar-refractivity contribution in [1.29, 1.82) is 0 Å². The number of para-hydroxylation sites is 2. The van der Waals surface area contributed by atoms with Gasteiger partial charge in [0.15, 0.2) is 0 Å². The smallest absolute Gasteiger partial charge is 0.231 e. The number of aryl methyl sites for hydroxylation is 3. The van der Waals surface area contributed by atoms with Crippen molar-refractivity contribution in [3.05, 3.63) is 78.0 Å². The number of benzene rings is 2. The first kappa shape index (κ1) is 13.7. The Morgan fingerprint density at radius 2 is 1.82 bits per heavy atom. The number of aromatic nitrogens is 4. The van der Waals surface area contributed by atoms with Crippen LogP contribution in [0.4, 0.5) is 0 Å². The molecule has 0 bridgehead atoms. The zero-order chi connectivity index (χ0) is 21.9. The van der Waals surface area contributed by atoms with Gasteiger partial charge in [-0.15, -0.1) is 0 Å². The molecule has 0 saturated carbocycles. The van der Waals surface area contributed by atoms with Gasteiger partial charge in [-0.05, 0) is 43.6 Å². The van der Waals surface area contributed by atoms with Crippen LogP contribution in [0, 0.1) is 13.8 Å². The van der Waals surface area contributed by atoms with Crippen molar-refractivity contribution >= 4 is 16.8 Å². The molecule has 0 unspecified atom stereocenters. The average Bonchev–Trinajstić information content (AvgIpc) is 3.25. The maximum absolute atomic E-state index is 7.78. The fraction of sp³-hybridized carbons (Fsp3) is 0.167. The molecule has 4 heteroatoms. The predicted molar refractivity (Wildman–Crippen MR) is 113 cm³/mol. The summed E-state index contributed by atoms with van der Waals surface area (Å²) in [6.07, 6.45) is 2.11. The topological polar surface area (TPSA) is 26.1 Å². The molecule has 5 aromatic rings. The zero-order valence-corrected chi connectivity index (χ0v) is 16.1. The van der Waals surface area contributed by atoms with E-state index in [2.05, 4.69) is 31.9 Å². The minimum atomic E-state index is -2.14. The van der Waals surface area contributed by atoms with Crippen LogP contribution in [-0.4, -0.2) is 14.0 Å². The summed E-state index contributed by atoms with van der Waals surface area (Å²) in [6.45, 7) is -0.128. The molecule has 4 nitrogen and oxygen atoms in total. The van der Waals surface area contributed by atoms with Crippen molar-refractivity contribution in [2.24, 2.45) is 14.1 Å². The Kier molecular flexibility index (Phi) is 2.97. The maximum atomic E-state index is 7.78. The van der Waals surface area contributed by atoms with Crippen LogP contribution in [0.3, 0.4) is 0 Å². The third kappa shape index (κ3) is 2.38. The Balaban J connectivity index is 1.71. The lowest BCUT2D eigenvalue weighted by Crippen LogP contribution is -2.34. The van der Waals surface area contributed by atoms with Gasteiger partial charge in [-0.2, -0.15) is 4.57 Å². The van der Waals surface area contributed by atoms with Crippen LogP contribution in [0.1, 0.15) is 15.2 Å². The van der Waals surface area contributed by atoms with Crippen LogP contribution in [0.15, 0.2) is 66.9 Å². The molecule has 5 rings (SSSR count). The van der Waals surface area contributed by atoms with E-state index in [1.54, 1.807) is 12.1 Å².